The van der Waals surface area contributed by atoms with Gasteiger partial charge < -0.3 is 15.4 Å². The van der Waals surface area contributed by atoms with E-state index in [2.05, 4.69) is 15.4 Å². The zero-order valence-corrected chi connectivity index (χ0v) is 13.1. The lowest BCUT2D eigenvalue weighted by atomic mass is 10.2. The lowest BCUT2D eigenvalue weighted by Gasteiger charge is -2.08. The normalized spacial score (nSPS) is 10.0. The van der Waals surface area contributed by atoms with Gasteiger partial charge in [0.15, 0.2) is 11.6 Å². The summed E-state index contributed by atoms with van der Waals surface area (Å²) < 4.78 is 30.5. The minimum atomic E-state index is -1.16. The maximum atomic E-state index is 13.1. The molecule has 0 bridgehead atoms. The second-order valence-electron chi connectivity index (χ2n) is 4.93. The molecule has 2 aromatic carbocycles. The zero-order valence-electron chi connectivity index (χ0n) is 13.1. The molecule has 2 rings (SSSR count). The molecule has 2 amide bonds. The maximum Gasteiger partial charge on any atom is 0.337 e. The second-order valence-corrected chi connectivity index (χ2v) is 4.93. The third-order valence-electron chi connectivity index (χ3n) is 3.16. The summed E-state index contributed by atoms with van der Waals surface area (Å²) in [4.78, 5) is 35.1. The summed E-state index contributed by atoms with van der Waals surface area (Å²) in [7, 11) is 1.24. The van der Waals surface area contributed by atoms with Crippen molar-refractivity contribution in [1.82, 2.24) is 5.32 Å². The van der Waals surface area contributed by atoms with E-state index in [4.69, 9.17) is 0 Å². The van der Waals surface area contributed by atoms with Crippen molar-refractivity contribution in [3.05, 3.63) is 65.2 Å². The van der Waals surface area contributed by atoms with Gasteiger partial charge in [-0.1, -0.05) is 6.07 Å². The largest absolute Gasteiger partial charge is 0.465 e. The van der Waals surface area contributed by atoms with Crippen LogP contribution in [-0.2, 0) is 9.53 Å². The number of hydrogen-bond donors (Lipinski definition) is 2. The number of nitrogens with one attached hydrogen (secondary N) is 2. The molecule has 6 nitrogen and oxygen atoms in total. The Balaban J connectivity index is 1.93. The van der Waals surface area contributed by atoms with Gasteiger partial charge in [0.2, 0.25) is 5.91 Å². The van der Waals surface area contributed by atoms with Crippen LogP contribution in [-0.4, -0.2) is 31.4 Å². The van der Waals surface area contributed by atoms with Gasteiger partial charge in [-0.05, 0) is 36.4 Å². The van der Waals surface area contributed by atoms with Gasteiger partial charge in [0.05, 0.1) is 19.2 Å². The minimum Gasteiger partial charge on any atom is -0.465 e. The summed E-state index contributed by atoms with van der Waals surface area (Å²) in [6.45, 7) is -0.389. The summed E-state index contributed by atoms with van der Waals surface area (Å²) in [6.07, 6.45) is 0. The van der Waals surface area contributed by atoms with Crippen molar-refractivity contribution in [1.29, 1.82) is 0 Å². The molecule has 0 aliphatic rings. The number of carbonyl (C=O) groups excluding carboxylic acids is 3. The molecule has 0 atom stereocenters. The van der Waals surface area contributed by atoms with E-state index in [0.717, 1.165) is 18.2 Å². The number of hydrogen-bond acceptors (Lipinski definition) is 4. The van der Waals surface area contributed by atoms with Crippen molar-refractivity contribution in [3.8, 4) is 0 Å². The average Bonchev–Trinajstić information content (AvgIpc) is 2.61. The van der Waals surface area contributed by atoms with Gasteiger partial charge in [0, 0.05) is 11.3 Å². The Morgan fingerprint density at radius 3 is 2.44 bits per heavy atom. The highest BCUT2D eigenvalue weighted by Crippen LogP contribution is 2.11. The Morgan fingerprint density at radius 2 is 1.76 bits per heavy atom. The predicted octanol–water partition coefficient (Wildman–Crippen LogP) is 2.12. The van der Waals surface area contributed by atoms with Crippen molar-refractivity contribution in [2.75, 3.05) is 19.0 Å². The summed E-state index contributed by atoms with van der Waals surface area (Å²) in [6, 6.07) is 8.72. The summed E-state index contributed by atoms with van der Waals surface area (Å²) in [5.41, 5.74) is 0.487. The first-order valence-electron chi connectivity index (χ1n) is 7.12. The van der Waals surface area contributed by atoms with Gasteiger partial charge in [0.25, 0.3) is 5.91 Å². The van der Waals surface area contributed by atoms with Gasteiger partial charge in [0.1, 0.15) is 0 Å². The van der Waals surface area contributed by atoms with Crippen LogP contribution in [0.4, 0.5) is 14.5 Å². The number of ether oxygens (including phenoxy) is 1. The lowest BCUT2D eigenvalue weighted by Crippen LogP contribution is -2.33. The Morgan fingerprint density at radius 1 is 1.00 bits per heavy atom. The SMILES string of the molecule is COC(=O)c1cccc(NC(=O)CNC(=O)c2ccc(F)c(F)c2)c1. The van der Waals surface area contributed by atoms with Gasteiger partial charge in [-0.2, -0.15) is 0 Å². The van der Waals surface area contributed by atoms with Gasteiger partial charge in [-0.15, -0.1) is 0 Å². The molecule has 2 N–H and O–H groups in total. The van der Waals surface area contributed by atoms with Crippen molar-refractivity contribution in [3.63, 3.8) is 0 Å². The molecular weight excluding hydrogens is 334 g/mol. The van der Waals surface area contributed by atoms with E-state index in [-0.39, 0.29) is 17.7 Å². The molecule has 2 aromatic rings. The van der Waals surface area contributed by atoms with Crippen molar-refractivity contribution >= 4 is 23.5 Å². The van der Waals surface area contributed by atoms with Crippen LogP contribution in [0.25, 0.3) is 0 Å². The van der Waals surface area contributed by atoms with E-state index >= 15 is 0 Å². The number of halogens is 2. The monoisotopic (exact) mass is 348 g/mol. The smallest absolute Gasteiger partial charge is 0.337 e. The van der Waals surface area contributed by atoms with E-state index < -0.39 is 29.4 Å². The molecule has 0 fully saturated rings. The molecule has 0 saturated carbocycles. The van der Waals surface area contributed by atoms with E-state index in [1.165, 1.54) is 19.2 Å². The maximum absolute atomic E-state index is 13.1. The van der Waals surface area contributed by atoms with Crippen LogP contribution in [0.15, 0.2) is 42.5 Å². The van der Waals surface area contributed by atoms with E-state index in [1.54, 1.807) is 12.1 Å². The average molecular weight is 348 g/mol. The molecule has 130 valence electrons. The number of methoxy groups -OCH3 is 1. The van der Waals surface area contributed by atoms with Crippen LogP contribution in [0.1, 0.15) is 20.7 Å². The zero-order chi connectivity index (χ0) is 18.4. The molecular formula is C17H14F2N2O4. The Bertz CT molecular complexity index is 824. The summed E-state index contributed by atoms with van der Waals surface area (Å²) >= 11 is 0. The molecule has 0 unspecified atom stereocenters. The fourth-order valence-corrected chi connectivity index (χ4v) is 1.95. The predicted molar refractivity (Wildman–Crippen MR) is 85.1 cm³/mol. The second kappa shape index (κ2) is 8.00. The first-order valence-corrected chi connectivity index (χ1v) is 7.12. The van der Waals surface area contributed by atoms with Crippen molar-refractivity contribution in [2.45, 2.75) is 0 Å². The lowest BCUT2D eigenvalue weighted by molar-refractivity contribution is -0.115. The van der Waals surface area contributed by atoms with E-state index in [0.29, 0.717) is 5.69 Å². The molecule has 0 saturated heterocycles. The third kappa shape index (κ3) is 4.84. The van der Waals surface area contributed by atoms with Crippen LogP contribution in [0.2, 0.25) is 0 Å². The van der Waals surface area contributed by atoms with Crippen LogP contribution in [0.3, 0.4) is 0 Å². The van der Waals surface area contributed by atoms with Crippen LogP contribution >= 0.6 is 0 Å². The minimum absolute atomic E-state index is 0.112. The first-order chi connectivity index (χ1) is 11.9. The third-order valence-corrected chi connectivity index (χ3v) is 3.16. The number of carbonyl (C=O) groups is 3. The summed E-state index contributed by atoms with van der Waals surface area (Å²) in [5.74, 6) is -4.06. The highest BCUT2D eigenvalue weighted by atomic mass is 19.2. The first kappa shape index (κ1) is 18.1. The molecule has 0 aliphatic carbocycles. The van der Waals surface area contributed by atoms with Crippen molar-refractivity contribution < 1.29 is 27.9 Å². The molecule has 0 heterocycles. The van der Waals surface area contributed by atoms with Gasteiger partial charge in [-0.3, -0.25) is 9.59 Å². The standard InChI is InChI=1S/C17H14F2N2O4/c1-25-17(24)11-3-2-4-12(7-11)21-15(22)9-20-16(23)10-5-6-13(18)14(19)8-10/h2-8H,9H2,1H3,(H,20,23)(H,21,22). The molecule has 0 aliphatic heterocycles. The van der Waals surface area contributed by atoms with Crippen LogP contribution < -0.4 is 10.6 Å². The van der Waals surface area contributed by atoms with Crippen LogP contribution in [0, 0.1) is 11.6 Å². The van der Waals surface area contributed by atoms with Crippen LogP contribution in [0.5, 0.6) is 0 Å². The number of anilines is 1. The topological polar surface area (TPSA) is 84.5 Å². The molecule has 8 heteroatoms. The fraction of sp³-hybridized carbons (Fsp3) is 0.118. The Kier molecular flexibility index (Phi) is 5.78. The summed E-state index contributed by atoms with van der Waals surface area (Å²) in [5, 5.41) is 4.78. The highest BCUT2D eigenvalue weighted by molar-refractivity contribution is 6.00. The molecule has 0 aromatic heterocycles. The fourth-order valence-electron chi connectivity index (χ4n) is 1.95. The Labute approximate surface area is 141 Å². The molecule has 0 spiro atoms. The highest BCUT2D eigenvalue weighted by Gasteiger charge is 2.12. The molecule has 0 radical (unpaired) electrons. The van der Waals surface area contributed by atoms with Crippen molar-refractivity contribution in [2.24, 2.45) is 0 Å². The number of amides is 2. The van der Waals surface area contributed by atoms with Gasteiger partial charge in [-0.25, -0.2) is 13.6 Å². The quantitative estimate of drug-likeness (QED) is 0.811. The Hall–Kier alpha value is -3.29. The number of rotatable bonds is 5. The number of benzene rings is 2. The van der Waals surface area contributed by atoms with Gasteiger partial charge >= 0.3 is 5.97 Å². The van der Waals surface area contributed by atoms with E-state index in [9.17, 15) is 23.2 Å². The molecule has 25 heavy (non-hydrogen) atoms. The van der Waals surface area contributed by atoms with E-state index in [1.807, 2.05) is 0 Å². The number of esters is 1.